The Morgan fingerprint density at radius 2 is 2.25 bits per heavy atom. The van der Waals surface area contributed by atoms with Gasteiger partial charge < -0.3 is 20.5 Å². The Bertz CT molecular complexity index is 672. The van der Waals surface area contributed by atoms with E-state index in [2.05, 4.69) is 10.6 Å². The van der Waals surface area contributed by atoms with Gasteiger partial charge in [-0.15, -0.1) is 11.8 Å². The second-order valence-electron chi connectivity index (χ2n) is 5.81. The molecule has 0 saturated carbocycles. The van der Waals surface area contributed by atoms with Crippen LogP contribution >= 0.6 is 11.8 Å². The lowest BCUT2D eigenvalue weighted by atomic mass is 9.93. The van der Waals surface area contributed by atoms with Gasteiger partial charge in [-0.3, -0.25) is 9.59 Å². The van der Waals surface area contributed by atoms with E-state index in [1.165, 1.54) is 11.8 Å². The lowest BCUT2D eigenvalue weighted by molar-refractivity contribution is -0.142. The van der Waals surface area contributed by atoms with Crippen LogP contribution in [-0.2, 0) is 14.3 Å². The number of hydrogen-bond donors (Lipinski definition) is 3. The summed E-state index contributed by atoms with van der Waals surface area (Å²) in [6.07, 6.45) is 1.49. The van der Waals surface area contributed by atoms with Crippen LogP contribution in [-0.4, -0.2) is 47.9 Å². The Kier molecular flexibility index (Phi) is 5.06. The van der Waals surface area contributed by atoms with Crippen LogP contribution in [0.3, 0.4) is 0 Å². The van der Waals surface area contributed by atoms with E-state index in [-0.39, 0.29) is 11.8 Å². The van der Waals surface area contributed by atoms with Crippen LogP contribution in [0.25, 0.3) is 0 Å². The van der Waals surface area contributed by atoms with E-state index >= 15 is 0 Å². The number of carbonyl (C=O) groups is 3. The molecule has 0 spiro atoms. The fraction of sp³-hybridized carbons (Fsp3) is 0.438. The third-order valence-corrected chi connectivity index (χ3v) is 5.17. The van der Waals surface area contributed by atoms with Crippen molar-refractivity contribution in [1.82, 2.24) is 5.32 Å². The standard InChI is InChI=1S/C16H18N2O5S/c19-13-8-24-12-4-3-9(6-11(12)17-13)15(20)18-14(16(21)22)10-2-1-5-23-7-10/h3-4,6,10,14H,1-2,5,7-8H2,(H,17,19)(H,18,20)(H,21,22)/t10-,14-/m1/s1. The largest absolute Gasteiger partial charge is 0.480 e. The summed E-state index contributed by atoms with van der Waals surface area (Å²) in [6, 6.07) is 3.98. The average Bonchev–Trinajstić information content (AvgIpc) is 2.59. The van der Waals surface area contributed by atoms with Crippen molar-refractivity contribution in [2.75, 3.05) is 24.3 Å². The van der Waals surface area contributed by atoms with Crippen LogP contribution < -0.4 is 10.6 Å². The molecule has 8 heteroatoms. The third kappa shape index (κ3) is 3.70. The fourth-order valence-corrected chi connectivity index (χ4v) is 3.65. The first-order valence-electron chi connectivity index (χ1n) is 7.72. The number of ether oxygens (including phenoxy) is 1. The number of anilines is 1. The van der Waals surface area contributed by atoms with Crippen molar-refractivity contribution >= 4 is 35.2 Å². The van der Waals surface area contributed by atoms with Gasteiger partial charge in [-0.1, -0.05) is 0 Å². The van der Waals surface area contributed by atoms with Crippen LogP contribution in [0, 0.1) is 5.92 Å². The molecule has 3 N–H and O–H groups in total. The molecule has 2 aliphatic rings. The Balaban J connectivity index is 1.74. The molecule has 1 aromatic carbocycles. The number of nitrogens with one attached hydrogen (secondary N) is 2. The zero-order valence-corrected chi connectivity index (χ0v) is 13.7. The van der Waals surface area contributed by atoms with E-state index in [4.69, 9.17) is 4.74 Å². The highest BCUT2D eigenvalue weighted by Crippen LogP contribution is 2.32. The molecule has 24 heavy (non-hydrogen) atoms. The van der Waals surface area contributed by atoms with E-state index < -0.39 is 17.9 Å². The molecule has 128 valence electrons. The van der Waals surface area contributed by atoms with Gasteiger partial charge in [0, 0.05) is 23.0 Å². The van der Waals surface area contributed by atoms with Crippen molar-refractivity contribution in [2.45, 2.75) is 23.8 Å². The van der Waals surface area contributed by atoms with E-state index in [9.17, 15) is 19.5 Å². The third-order valence-electron chi connectivity index (χ3n) is 4.09. The number of carbonyl (C=O) groups excluding carboxylic acids is 2. The quantitative estimate of drug-likeness (QED) is 0.757. The van der Waals surface area contributed by atoms with Crippen LogP contribution in [0.2, 0.25) is 0 Å². The van der Waals surface area contributed by atoms with Gasteiger partial charge in [-0.2, -0.15) is 0 Å². The number of hydrogen-bond acceptors (Lipinski definition) is 5. The summed E-state index contributed by atoms with van der Waals surface area (Å²) in [5.41, 5.74) is 0.899. The van der Waals surface area contributed by atoms with Crippen molar-refractivity contribution in [1.29, 1.82) is 0 Å². The topological polar surface area (TPSA) is 105 Å². The molecule has 0 radical (unpaired) electrons. The highest BCUT2D eigenvalue weighted by molar-refractivity contribution is 8.00. The van der Waals surface area contributed by atoms with Gasteiger partial charge in [0.1, 0.15) is 6.04 Å². The zero-order chi connectivity index (χ0) is 17.1. The summed E-state index contributed by atoms with van der Waals surface area (Å²) in [7, 11) is 0. The monoisotopic (exact) mass is 350 g/mol. The van der Waals surface area contributed by atoms with Crippen molar-refractivity contribution in [3.63, 3.8) is 0 Å². The number of amides is 2. The molecule has 2 heterocycles. The first-order chi connectivity index (χ1) is 11.5. The van der Waals surface area contributed by atoms with Gasteiger partial charge in [0.15, 0.2) is 0 Å². The second kappa shape index (κ2) is 7.23. The molecule has 0 aliphatic carbocycles. The predicted octanol–water partition coefficient (Wildman–Crippen LogP) is 1.34. The highest BCUT2D eigenvalue weighted by Gasteiger charge is 2.31. The Morgan fingerprint density at radius 3 is 2.96 bits per heavy atom. The van der Waals surface area contributed by atoms with E-state index in [0.29, 0.717) is 36.6 Å². The molecule has 1 saturated heterocycles. The second-order valence-corrected chi connectivity index (χ2v) is 6.83. The number of aliphatic carboxylic acids is 1. The van der Waals surface area contributed by atoms with E-state index in [1.807, 2.05) is 0 Å². The maximum absolute atomic E-state index is 12.4. The minimum atomic E-state index is -1.07. The van der Waals surface area contributed by atoms with E-state index in [0.717, 1.165) is 11.3 Å². The summed E-state index contributed by atoms with van der Waals surface area (Å²) < 4.78 is 5.32. The number of rotatable bonds is 4. The molecule has 7 nitrogen and oxygen atoms in total. The van der Waals surface area contributed by atoms with Crippen LogP contribution in [0.4, 0.5) is 5.69 Å². The number of carboxylic acid groups (broad SMARTS) is 1. The molecule has 2 aliphatic heterocycles. The van der Waals surface area contributed by atoms with Crippen molar-refractivity contribution in [2.24, 2.45) is 5.92 Å². The van der Waals surface area contributed by atoms with Crippen LogP contribution in [0.1, 0.15) is 23.2 Å². The summed E-state index contributed by atoms with van der Waals surface area (Å²) in [6.45, 7) is 0.951. The molecule has 0 bridgehead atoms. The summed E-state index contributed by atoms with van der Waals surface area (Å²) in [5.74, 6) is -1.55. The minimum absolute atomic E-state index is 0.118. The maximum Gasteiger partial charge on any atom is 0.326 e. The summed E-state index contributed by atoms with van der Waals surface area (Å²) in [4.78, 5) is 36.3. The summed E-state index contributed by atoms with van der Waals surface area (Å²) >= 11 is 1.40. The van der Waals surface area contributed by atoms with Gasteiger partial charge in [0.2, 0.25) is 5.91 Å². The predicted molar refractivity (Wildman–Crippen MR) is 88.2 cm³/mol. The molecule has 2 atom stereocenters. The fourth-order valence-electron chi connectivity index (χ4n) is 2.86. The van der Waals surface area contributed by atoms with Crippen molar-refractivity contribution < 1.29 is 24.2 Å². The number of thioether (sulfide) groups is 1. The Hall–Kier alpha value is -2.06. The smallest absolute Gasteiger partial charge is 0.326 e. The average molecular weight is 350 g/mol. The summed E-state index contributed by atoms with van der Waals surface area (Å²) in [5, 5.41) is 14.7. The van der Waals surface area contributed by atoms with Gasteiger partial charge in [-0.25, -0.2) is 4.79 Å². The highest BCUT2D eigenvalue weighted by atomic mass is 32.2. The van der Waals surface area contributed by atoms with Gasteiger partial charge in [0.25, 0.3) is 5.91 Å². The molecule has 1 fully saturated rings. The minimum Gasteiger partial charge on any atom is -0.480 e. The normalized spacial score (nSPS) is 21.3. The van der Waals surface area contributed by atoms with E-state index in [1.54, 1.807) is 18.2 Å². The first kappa shape index (κ1) is 16.8. The van der Waals surface area contributed by atoms with Crippen molar-refractivity contribution in [3.8, 4) is 0 Å². The molecule has 0 unspecified atom stereocenters. The Labute approximate surface area is 143 Å². The molecule has 2 amide bonds. The first-order valence-corrected chi connectivity index (χ1v) is 8.71. The van der Waals surface area contributed by atoms with Gasteiger partial charge >= 0.3 is 5.97 Å². The zero-order valence-electron chi connectivity index (χ0n) is 12.9. The molecule has 0 aromatic heterocycles. The number of fused-ring (bicyclic) bond motifs is 1. The van der Waals surface area contributed by atoms with Gasteiger partial charge in [0.05, 0.1) is 18.0 Å². The lowest BCUT2D eigenvalue weighted by Crippen LogP contribution is -2.48. The van der Waals surface area contributed by atoms with Gasteiger partial charge in [-0.05, 0) is 31.0 Å². The van der Waals surface area contributed by atoms with Crippen LogP contribution in [0.15, 0.2) is 23.1 Å². The molecule has 3 rings (SSSR count). The maximum atomic E-state index is 12.4. The molecular formula is C16H18N2O5S. The lowest BCUT2D eigenvalue weighted by Gasteiger charge is -2.28. The Morgan fingerprint density at radius 1 is 1.42 bits per heavy atom. The molecule has 1 aromatic rings. The SMILES string of the molecule is O=C1CSc2ccc(C(=O)N[C@@H](C(=O)O)[C@@H]3CCCOC3)cc2N1. The van der Waals surface area contributed by atoms with Crippen LogP contribution in [0.5, 0.6) is 0 Å². The number of benzene rings is 1. The number of carboxylic acids is 1. The molecular weight excluding hydrogens is 332 g/mol. The van der Waals surface area contributed by atoms with Crippen molar-refractivity contribution in [3.05, 3.63) is 23.8 Å².